The fourth-order valence-corrected chi connectivity index (χ4v) is 3.55. The normalized spacial score (nSPS) is 13.0. The first kappa shape index (κ1) is 23.9. The van der Waals surface area contributed by atoms with E-state index in [1.807, 2.05) is 42.5 Å². The van der Waals surface area contributed by atoms with Crippen LogP contribution in [0.4, 0.5) is 0 Å². The van der Waals surface area contributed by atoms with E-state index in [4.69, 9.17) is 4.74 Å². The van der Waals surface area contributed by atoms with Crippen LogP contribution in [0, 0.1) is 0 Å². The summed E-state index contributed by atoms with van der Waals surface area (Å²) in [5.41, 5.74) is 2.02. The largest absolute Gasteiger partial charge is 0.488 e. The van der Waals surface area contributed by atoms with E-state index in [0.717, 1.165) is 56.1 Å². The van der Waals surface area contributed by atoms with E-state index in [2.05, 4.69) is 0 Å². The Balaban J connectivity index is 1.81. The maximum atomic E-state index is 11.8. The average molecular weight is 415 g/mol. The van der Waals surface area contributed by atoms with Crippen LogP contribution in [0.15, 0.2) is 48.5 Å². The molecule has 164 valence electrons. The number of carboxylic acids is 1. The first-order valence-corrected chi connectivity index (χ1v) is 10.9. The Morgan fingerprint density at radius 3 is 2.33 bits per heavy atom. The number of carbonyl (C=O) groups is 1. The minimum Gasteiger partial charge on any atom is -0.488 e. The lowest BCUT2D eigenvalue weighted by Crippen LogP contribution is -2.09. The van der Waals surface area contributed by atoms with Gasteiger partial charge in [-0.2, -0.15) is 0 Å². The van der Waals surface area contributed by atoms with Crippen LogP contribution >= 0.6 is 0 Å². The molecule has 2 rings (SSSR count). The molecule has 0 saturated heterocycles. The van der Waals surface area contributed by atoms with Gasteiger partial charge in [-0.15, -0.1) is 0 Å². The van der Waals surface area contributed by atoms with Crippen molar-refractivity contribution >= 4 is 5.97 Å². The fourth-order valence-electron chi connectivity index (χ4n) is 3.55. The lowest BCUT2D eigenvalue weighted by Gasteiger charge is -2.14. The van der Waals surface area contributed by atoms with Crippen molar-refractivity contribution in [1.29, 1.82) is 0 Å². The van der Waals surface area contributed by atoms with E-state index >= 15 is 0 Å². The first-order chi connectivity index (χ1) is 14.5. The molecular formula is C25H34O5. The summed E-state index contributed by atoms with van der Waals surface area (Å²) < 4.78 is 5.81. The molecule has 2 aromatic rings. The Morgan fingerprint density at radius 2 is 1.63 bits per heavy atom. The summed E-state index contributed by atoms with van der Waals surface area (Å²) in [5, 5.41) is 29.0. The summed E-state index contributed by atoms with van der Waals surface area (Å²) in [5.74, 6) is -0.570. The van der Waals surface area contributed by atoms with Gasteiger partial charge < -0.3 is 20.1 Å². The molecule has 0 aliphatic carbocycles. The maximum Gasteiger partial charge on any atom is 0.339 e. The van der Waals surface area contributed by atoms with Crippen molar-refractivity contribution in [3.8, 4) is 5.75 Å². The third-order valence-corrected chi connectivity index (χ3v) is 5.21. The SMILES string of the molecule is CC(O)CCCC(O)CCCCCc1cccc(OCc2ccccc2)c1C(=O)O. The molecule has 0 aliphatic rings. The second-order valence-corrected chi connectivity index (χ2v) is 7.90. The van der Waals surface area contributed by atoms with Crippen molar-refractivity contribution in [2.45, 2.75) is 77.1 Å². The zero-order chi connectivity index (χ0) is 21.8. The Hall–Kier alpha value is -2.37. The Morgan fingerprint density at radius 1 is 0.900 bits per heavy atom. The second-order valence-electron chi connectivity index (χ2n) is 7.90. The average Bonchev–Trinajstić information content (AvgIpc) is 2.72. The summed E-state index contributed by atoms with van der Waals surface area (Å²) >= 11 is 0. The van der Waals surface area contributed by atoms with Crippen LogP contribution in [0.5, 0.6) is 5.75 Å². The van der Waals surface area contributed by atoms with Gasteiger partial charge in [0.05, 0.1) is 12.2 Å². The van der Waals surface area contributed by atoms with E-state index in [-0.39, 0.29) is 17.8 Å². The summed E-state index contributed by atoms with van der Waals surface area (Å²) in [6, 6.07) is 15.1. The van der Waals surface area contributed by atoms with Crippen LogP contribution in [0.1, 0.15) is 73.4 Å². The molecule has 5 nitrogen and oxygen atoms in total. The van der Waals surface area contributed by atoms with Crippen molar-refractivity contribution in [3.63, 3.8) is 0 Å². The molecular weight excluding hydrogens is 380 g/mol. The van der Waals surface area contributed by atoms with Crippen molar-refractivity contribution in [1.82, 2.24) is 0 Å². The van der Waals surface area contributed by atoms with Crippen LogP contribution < -0.4 is 4.74 Å². The summed E-state index contributed by atoms with van der Waals surface area (Å²) in [6.07, 6.45) is 5.74. The number of ether oxygens (including phenoxy) is 1. The minimum absolute atomic E-state index is 0.242. The molecule has 0 fully saturated rings. The molecule has 30 heavy (non-hydrogen) atoms. The van der Waals surface area contributed by atoms with E-state index < -0.39 is 5.97 Å². The lowest BCUT2D eigenvalue weighted by molar-refractivity contribution is 0.0690. The summed E-state index contributed by atoms with van der Waals surface area (Å²) in [7, 11) is 0. The van der Waals surface area contributed by atoms with Gasteiger partial charge >= 0.3 is 5.97 Å². The first-order valence-electron chi connectivity index (χ1n) is 10.9. The van der Waals surface area contributed by atoms with Gasteiger partial charge in [0.1, 0.15) is 17.9 Å². The predicted molar refractivity (Wildman–Crippen MR) is 118 cm³/mol. The highest BCUT2D eigenvalue weighted by atomic mass is 16.5. The van der Waals surface area contributed by atoms with Crippen LogP contribution in [0.25, 0.3) is 0 Å². The standard InChI is InChI=1S/C25H34O5/c1-19(26)10-8-16-22(27)15-7-3-6-13-21-14-9-17-23(24(21)25(28)29)30-18-20-11-4-2-5-12-20/h2,4-5,9,11-12,14,17,19,22,26-27H,3,6-8,10,13,15-16,18H2,1H3,(H,28,29). The van der Waals surface area contributed by atoms with E-state index in [0.29, 0.717) is 18.8 Å². The highest BCUT2D eigenvalue weighted by molar-refractivity contribution is 5.92. The molecule has 0 heterocycles. The van der Waals surface area contributed by atoms with Gasteiger partial charge in [0.15, 0.2) is 0 Å². The quantitative estimate of drug-likeness (QED) is 0.380. The highest BCUT2D eigenvalue weighted by Gasteiger charge is 2.16. The molecule has 2 unspecified atom stereocenters. The summed E-state index contributed by atoms with van der Waals surface area (Å²) in [4.78, 5) is 11.8. The molecule has 3 N–H and O–H groups in total. The van der Waals surface area contributed by atoms with Gasteiger partial charge in [0.2, 0.25) is 0 Å². The molecule has 0 radical (unpaired) electrons. The number of aliphatic hydroxyl groups is 2. The van der Waals surface area contributed by atoms with Crippen molar-refractivity contribution in [2.24, 2.45) is 0 Å². The molecule has 0 aromatic heterocycles. The van der Waals surface area contributed by atoms with Crippen LogP contribution in [0.3, 0.4) is 0 Å². The molecule has 2 atom stereocenters. The zero-order valence-electron chi connectivity index (χ0n) is 17.8. The fraction of sp³-hybridized carbons (Fsp3) is 0.480. The van der Waals surface area contributed by atoms with E-state index in [9.17, 15) is 20.1 Å². The molecule has 2 aromatic carbocycles. The monoisotopic (exact) mass is 414 g/mol. The second kappa shape index (κ2) is 13.0. The Labute approximate surface area is 179 Å². The van der Waals surface area contributed by atoms with Crippen molar-refractivity contribution in [2.75, 3.05) is 0 Å². The maximum absolute atomic E-state index is 11.8. The molecule has 0 spiro atoms. The Bertz CT molecular complexity index is 757. The number of hydrogen-bond acceptors (Lipinski definition) is 4. The summed E-state index contributed by atoms with van der Waals surface area (Å²) in [6.45, 7) is 2.09. The molecule has 0 bridgehead atoms. The van der Waals surface area contributed by atoms with Gasteiger partial charge in [-0.25, -0.2) is 4.79 Å². The number of aliphatic hydroxyl groups excluding tert-OH is 2. The number of hydrogen-bond donors (Lipinski definition) is 3. The number of unbranched alkanes of at least 4 members (excludes halogenated alkanes) is 2. The van der Waals surface area contributed by atoms with E-state index in [1.165, 1.54) is 0 Å². The van der Waals surface area contributed by atoms with Crippen LogP contribution in [-0.4, -0.2) is 33.5 Å². The van der Waals surface area contributed by atoms with Crippen LogP contribution in [-0.2, 0) is 13.0 Å². The topological polar surface area (TPSA) is 87.0 Å². The molecule has 0 saturated carbocycles. The number of aromatic carboxylic acids is 1. The van der Waals surface area contributed by atoms with Crippen molar-refractivity contribution < 1.29 is 24.9 Å². The zero-order valence-corrected chi connectivity index (χ0v) is 17.8. The predicted octanol–water partition coefficient (Wildman–Crippen LogP) is 4.98. The molecule has 0 amide bonds. The number of aryl methyl sites for hydroxylation is 1. The smallest absolute Gasteiger partial charge is 0.339 e. The Kier molecular flexibility index (Phi) is 10.4. The highest BCUT2D eigenvalue weighted by Crippen LogP contribution is 2.25. The van der Waals surface area contributed by atoms with Gasteiger partial charge in [-0.05, 0) is 62.6 Å². The van der Waals surface area contributed by atoms with Gasteiger partial charge in [0.25, 0.3) is 0 Å². The van der Waals surface area contributed by atoms with Crippen molar-refractivity contribution in [3.05, 3.63) is 65.2 Å². The van der Waals surface area contributed by atoms with Crippen LogP contribution in [0.2, 0.25) is 0 Å². The van der Waals surface area contributed by atoms with E-state index in [1.54, 1.807) is 13.0 Å². The third-order valence-electron chi connectivity index (χ3n) is 5.21. The van der Waals surface area contributed by atoms with Gasteiger partial charge in [0, 0.05) is 0 Å². The van der Waals surface area contributed by atoms with Gasteiger partial charge in [-0.1, -0.05) is 55.3 Å². The number of rotatable bonds is 14. The minimum atomic E-state index is -0.970. The lowest BCUT2D eigenvalue weighted by atomic mass is 9.98. The van der Waals surface area contributed by atoms with Gasteiger partial charge in [-0.3, -0.25) is 0 Å². The molecule has 0 aliphatic heterocycles. The third kappa shape index (κ3) is 8.56. The molecule has 5 heteroatoms. The number of carboxylic acid groups (broad SMARTS) is 1. The number of benzene rings is 2.